The van der Waals surface area contributed by atoms with Gasteiger partial charge in [-0.25, -0.2) is 0 Å². The van der Waals surface area contributed by atoms with Crippen LogP contribution in [0.2, 0.25) is 0 Å². The van der Waals surface area contributed by atoms with Crippen molar-refractivity contribution in [1.82, 2.24) is 4.57 Å². The van der Waals surface area contributed by atoms with Crippen LogP contribution in [-0.4, -0.2) is 11.1 Å². The summed E-state index contributed by atoms with van der Waals surface area (Å²) < 4.78 is 39.2. The van der Waals surface area contributed by atoms with Crippen molar-refractivity contribution in [2.75, 3.05) is 11.9 Å². The summed E-state index contributed by atoms with van der Waals surface area (Å²) in [5.74, 6) is 0.197. The number of halogens is 3. The van der Waals surface area contributed by atoms with Crippen molar-refractivity contribution in [3.8, 4) is 0 Å². The first-order valence-electron chi connectivity index (χ1n) is 4.73. The van der Waals surface area contributed by atoms with Crippen molar-refractivity contribution >= 4 is 5.82 Å². The van der Waals surface area contributed by atoms with Crippen LogP contribution in [0.4, 0.5) is 19.0 Å². The van der Waals surface area contributed by atoms with E-state index in [4.69, 9.17) is 5.73 Å². The van der Waals surface area contributed by atoms with Crippen LogP contribution >= 0.6 is 0 Å². The summed E-state index contributed by atoms with van der Waals surface area (Å²) in [4.78, 5) is 11.4. The van der Waals surface area contributed by atoms with Crippen molar-refractivity contribution < 1.29 is 13.2 Å². The second-order valence-corrected chi connectivity index (χ2v) is 3.50. The van der Waals surface area contributed by atoms with E-state index in [9.17, 15) is 18.0 Å². The number of nitrogens with zero attached hydrogens (tertiary/aromatic N) is 1. The van der Waals surface area contributed by atoms with E-state index in [0.717, 1.165) is 0 Å². The minimum Gasteiger partial charge on any atom is -0.369 e. The van der Waals surface area contributed by atoms with Gasteiger partial charge < -0.3 is 11.1 Å². The third-order valence-corrected chi connectivity index (χ3v) is 2.55. The Bertz CT molecular complexity index is 478. The number of alkyl halides is 3. The molecule has 0 aromatic carbocycles. The second-order valence-electron chi connectivity index (χ2n) is 3.50. The van der Waals surface area contributed by atoms with Crippen molar-refractivity contribution in [1.29, 1.82) is 0 Å². The number of hydrogen-bond acceptors (Lipinski definition) is 3. The number of aromatic nitrogens is 1. The van der Waals surface area contributed by atoms with Crippen LogP contribution in [0.25, 0.3) is 0 Å². The molecule has 7 heteroatoms. The number of pyridine rings is 1. The molecule has 2 rings (SSSR count). The molecule has 4 nitrogen and oxygen atoms in total. The number of nitrogens with two attached hydrogens (primary N) is 1. The van der Waals surface area contributed by atoms with Crippen LogP contribution < -0.4 is 16.6 Å². The molecule has 1 aliphatic heterocycles. The van der Waals surface area contributed by atoms with Crippen molar-refractivity contribution in [2.45, 2.75) is 19.3 Å². The highest BCUT2D eigenvalue weighted by atomic mass is 19.4. The fraction of sp³-hybridized carbons (Fsp3) is 0.444. The van der Waals surface area contributed by atoms with Crippen molar-refractivity contribution in [3.63, 3.8) is 0 Å². The molecule has 0 atom stereocenters. The van der Waals surface area contributed by atoms with E-state index in [1.165, 1.54) is 4.57 Å². The summed E-state index contributed by atoms with van der Waals surface area (Å²) in [5, 5.41) is 2.76. The maximum atomic E-state index is 12.7. The molecule has 0 aliphatic carbocycles. The highest BCUT2D eigenvalue weighted by Crippen LogP contribution is 2.34. The van der Waals surface area contributed by atoms with Gasteiger partial charge in [0.15, 0.2) is 0 Å². The van der Waals surface area contributed by atoms with E-state index < -0.39 is 17.3 Å². The molecule has 0 amide bonds. The Labute approximate surface area is 88.9 Å². The Balaban J connectivity index is 2.73. The summed E-state index contributed by atoms with van der Waals surface area (Å²) in [6, 6.07) is 0.610. The summed E-state index contributed by atoms with van der Waals surface area (Å²) in [5.41, 5.74) is 3.67. The van der Waals surface area contributed by atoms with Gasteiger partial charge in [-0.05, 0) is 0 Å². The fourth-order valence-corrected chi connectivity index (χ4v) is 1.86. The van der Waals surface area contributed by atoms with E-state index in [0.29, 0.717) is 19.2 Å². The minimum atomic E-state index is -4.55. The molecule has 0 unspecified atom stereocenters. The highest BCUT2D eigenvalue weighted by molar-refractivity contribution is 5.52. The number of rotatable bonds is 1. The monoisotopic (exact) mass is 233 g/mol. The van der Waals surface area contributed by atoms with Gasteiger partial charge in [0, 0.05) is 31.3 Å². The molecule has 16 heavy (non-hydrogen) atoms. The molecule has 0 fully saturated rings. The van der Waals surface area contributed by atoms with E-state index in [-0.39, 0.29) is 17.9 Å². The third-order valence-electron chi connectivity index (χ3n) is 2.55. The molecule has 1 aromatic rings. The lowest BCUT2D eigenvalue weighted by molar-refractivity contribution is -0.138. The van der Waals surface area contributed by atoms with Crippen LogP contribution in [-0.2, 0) is 19.3 Å². The van der Waals surface area contributed by atoms with Crippen LogP contribution in [0.15, 0.2) is 10.9 Å². The van der Waals surface area contributed by atoms with E-state index >= 15 is 0 Å². The molecular formula is C9H10F3N3O. The zero-order valence-electron chi connectivity index (χ0n) is 8.27. The predicted octanol–water partition coefficient (Wildman–Crippen LogP) is 0.751. The lowest BCUT2D eigenvalue weighted by atomic mass is 10.1. The molecule has 0 bridgehead atoms. The average Bonchev–Trinajstić information content (AvgIpc) is 2.65. The first-order chi connectivity index (χ1) is 7.45. The third kappa shape index (κ3) is 1.57. The molecule has 3 N–H and O–H groups in total. The van der Waals surface area contributed by atoms with Gasteiger partial charge in [0.25, 0.3) is 5.56 Å². The molecular weight excluding hydrogens is 223 g/mol. The van der Waals surface area contributed by atoms with Crippen molar-refractivity contribution in [3.05, 3.63) is 27.5 Å². The summed E-state index contributed by atoms with van der Waals surface area (Å²) >= 11 is 0. The zero-order valence-corrected chi connectivity index (χ0v) is 8.27. The van der Waals surface area contributed by atoms with Gasteiger partial charge >= 0.3 is 6.18 Å². The number of hydrogen-bond donors (Lipinski definition) is 2. The molecule has 1 aromatic heterocycles. The highest BCUT2D eigenvalue weighted by Gasteiger charge is 2.36. The lowest BCUT2D eigenvalue weighted by Crippen LogP contribution is -2.24. The Morgan fingerprint density at radius 2 is 2.19 bits per heavy atom. The van der Waals surface area contributed by atoms with Crippen molar-refractivity contribution in [2.24, 2.45) is 5.73 Å². The standard InChI is InChI=1S/C9H10F3N3O/c10-9(11,12)6-3-7(16)15-2-1-14-8(15)5(6)4-13/h3,14H,1-2,4,13H2. The van der Waals surface area contributed by atoms with Gasteiger partial charge in [-0.2, -0.15) is 13.2 Å². The van der Waals surface area contributed by atoms with Gasteiger partial charge in [-0.15, -0.1) is 0 Å². The van der Waals surface area contributed by atoms with Crippen LogP contribution in [0, 0.1) is 0 Å². The molecule has 0 radical (unpaired) electrons. The van der Waals surface area contributed by atoms with E-state index in [2.05, 4.69) is 5.32 Å². The average molecular weight is 233 g/mol. The number of fused-ring (bicyclic) bond motifs is 1. The topological polar surface area (TPSA) is 60.1 Å². The Kier molecular flexibility index (Phi) is 2.42. The zero-order chi connectivity index (χ0) is 11.9. The molecule has 2 heterocycles. The summed E-state index contributed by atoms with van der Waals surface area (Å²) in [6.45, 7) is 0.570. The SMILES string of the molecule is NCc1c(C(F)(F)F)cc(=O)n2c1NCC2. The van der Waals surface area contributed by atoms with E-state index in [1.54, 1.807) is 0 Å². The quantitative estimate of drug-likeness (QED) is 0.752. The van der Waals surface area contributed by atoms with Gasteiger partial charge in [0.2, 0.25) is 0 Å². The predicted molar refractivity (Wildman–Crippen MR) is 52.1 cm³/mol. The molecule has 0 saturated carbocycles. The molecule has 1 aliphatic rings. The van der Waals surface area contributed by atoms with Crippen LogP contribution in [0.3, 0.4) is 0 Å². The van der Waals surface area contributed by atoms with Gasteiger partial charge in [0.05, 0.1) is 5.56 Å². The minimum absolute atomic E-state index is 0.0513. The molecule has 0 spiro atoms. The maximum Gasteiger partial charge on any atom is 0.417 e. The first-order valence-corrected chi connectivity index (χ1v) is 4.73. The fourth-order valence-electron chi connectivity index (χ4n) is 1.86. The van der Waals surface area contributed by atoms with Gasteiger partial charge in [0.1, 0.15) is 5.82 Å². The Hall–Kier alpha value is -1.50. The van der Waals surface area contributed by atoms with Gasteiger partial charge in [-0.1, -0.05) is 0 Å². The number of nitrogens with one attached hydrogen (secondary N) is 1. The van der Waals surface area contributed by atoms with Crippen LogP contribution in [0.1, 0.15) is 11.1 Å². The lowest BCUT2D eigenvalue weighted by Gasteiger charge is -2.15. The first kappa shape index (κ1) is 11.0. The normalized spacial score (nSPS) is 14.8. The molecule has 0 saturated heterocycles. The smallest absolute Gasteiger partial charge is 0.369 e. The summed E-state index contributed by atoms with van der Waals surface area (Å²) in [7, 11) is 0. The van der Waals surface area contributed by atoms with Gasteiger partial charge in [-0.3, -0.25) is 9.36 Å². The summed E-state index contributed by atoms with van der Waals surface area (Å²) in [6.07, 6.45) is -4.55. The largest absolute Gasteiger partial charge is 0.417 e. The van der Waals surface area contributed by atoms with E-state index in [1.807, 2.05) is 0 Å². The Morgan fingerprint density at radius 3 is 2.75 bits per heavy atom. The Morgan fingerprint density at radius 1 is 1.50 bits per heavy atom. The maximum absolute atomic E-state index is 12.7. The second kappa shape index (κ2) is 3.51. The van der Waals surface area contributed by atoms with Crippen LogP contribution in [0.5, 0.6) is 0 Å². The number of anilines is 1. The molecule has 88 valence electrons.